The highest BCUT2D eigenvalue weighted by molar-refractivity contribution is 5.69. The normalized spacial score (nSPS) is 12.6. The molecule has 0 fully saturated rings. The minimum atomic E-state index is -4.53. The van der Waals surface area contributed by atoms with Crippen molar-refractivity contribution in [3.05, 3.63) is 77.1 Å². The number of hydrogen-bond acceptors (Lipinski definition) is 2. The Morgan fingerprint density at radius 1 is 1.08 bits per heavy atom. The molecule has 1 atom stereocenters. The maximum Gasteiger partial charge on any atom is 0.435 e. The quantitative estimate of drug-likeness (QED) is 0.694. The Labute approximate surface area is 149 Å². The number of halogens is 3. The van der Waals surface area contributed by atoms with E-state index in [1.54, 1.807) is 31.2 Å². The Balaban J connectivity index is 1.90. The lowest BCUT2D eigenvalue weighted by Crippen LogP contribution is -2.07. The minimum Gasteiger partial charge on any atom is -0.282 e. The Hall–Kier alpha value is -3.07. The van der Waals surface area contributed by atoms with Gasteiger partial charge in [-0.3, -0.25) is 5.10 Å². The number of aromatic amines is 1. The van der Waals surface area contributed by atoms with Crippen molar-refractivity contribution in [2.24, 2.45) is 0 Å². The van der Waals surface area contributed by atoms with E-state index >= 15 is 0 Å². The van der Waals surface area contributed by atoms with E-state index < -0.39 is 11.9 Å². The van der Waals surface area contributed by atoms with Crippen LogP contribution in [-0.4, -0.2) is 10.2 Å². The first-order valence-corrected chi connectivity index (χ1v) is 8.06. The van der Waals surface area contributed by atoms with Crippen LogP contribution >= 0.6 is 0 Å². The molecule has 3 aromatic rings. The summed E-state index contributed by atoms with van der Waals surface area (Å²) in [4.78, 5) is 0. The number of alkyl halides is 3. The van der Waals surface area contributed by atoms with Gasteiger partial charge in [0.05, 0.1) is 12.0 Å². The summed E-state index contributed by atoms with van der Waals surface area (Å²) < 4.78 is 39.4. The molecule has 1 N–H and O–H groups in total. The van der Waals surface area contributed by atoms with Crippen LogP contribution in [-0.2, 0) is 12.6 Å². The number of aryl methyl sites for hydroxylation is 1. The Kier molecular flexibility index (Phi) is 4.81. The average Bonchev–Trinajstić information content (AvgIpc) is 3.03. The number of nitrogens with zero attached hydrogens (tertiary/aromatic N) is 2. The van der Waals surface area contributed by atoms with Crippen LogP contribution in [0.25, 0.3) is 11.1 Å². The highest BCUT2D eigenvalue weighted by atomic mass is 19.4. The van der Waals surface area contributed by atoms with Crippen LogP contribution in [0.15, 0.2) is 54.6 Å². The van der Waals surface area contributed by atoms with E-state index in [-0.39, 0.29) is 11.5 Å². The van der Waals surface area contributed by atoms with Crippen LogP contribution in [0.4, 0.5) is 13.2 Å². The van der Waals surface area contributed by atoms with Crippen LogP contribution in [0.1, 0.15) is 28.4 Å². The summed E-state index contributed by atoms with van der Waals surface area (Å²) in [6, 6.07) is 18.5. The van der Waals surface area contributed by atoms with Gasteiger partial charge in [0.1, 0.15) is 0 Å². The van der Waals surface area contributed by atoms with Crippen LogP contribution < -0.4 is 0 Å². The smallest absolute Gasteiger partial charge is 0.282 e. The molecule has 132 valence electrons. The molecule has 0 aliphatic rings. The fraction of sp³-hybridized carbons (Fsp3) is 0.200. The van der Waals surface area contributed by atoms with Crippen molar-refractivity contribution in [2.45, 2.75) is 25.4 Å². The monoisotopic (exact) mass is 355 g/mol. The SMILES string of the molecule is Cc1[nH]nc(C(F)(F)F)c1-c1ccc(C(C#N)Cc2ccccc2)cc1. The predicted molar refractivity (Wildman–Crippen MR) is 92.3 cm³/mol. The number of rotatable bonds is 4. The van der Waals surface area contributed by atoms with Crippen molar-refractivity contribution in [3.8, 4) is 17.2 Å². The predicted octanol–water partition coefficient (Wildman–Crippen LogP) is 5.25. The molecule has 2 aromatic carbocycles. The van der Waals surface area contributed by atoms with Gasteiger partial charge in [-0.2, -0.15) is 23.5 Å². The number of hydrogen-bond donors (Lipinski definition) is 1. The first kappa shape index (κ1) is 17.7. The summed E-state index contributed by atoms with van der Waals surface area (Å²) in [5, 5.41) is 15.3. The average molecular weight is 355 g/mol. The number of benzene rings is 2. The third-order valence-electron chi connectivity index (χ3n) is 4.26. The molecule has 3 rings (SSSR count). The van der Waals surface area contributed by atoms with E-state index in [2.05, 4.69) is 16.3 Å². The van der Waals surface area contributed by atoms with E-state index in [0.29, 0.717) is 17.7 Å². The topological polar surface area (TPSA) is 52.5 Å². The number of nitriles is 1. The van der Waals surface area contributed by atoms with Crippen molar-refractivity contribution in [2.75, 3.05) is 0 Å². The Bertz CT molecular complexity index is 920. The summed E-state index contributed by atoms with van der Waals surface area (Å²) >= 11 is 0. The molecule has 3 nitrogen and oxygen atoms in total. The largest absolute Gasteiger partial charge is 0.435 e. The Morgan fingerprint density at radius 3 is 2.31 bits per heavy atom. The molecule has 0 saturated carbocycles. The molecule has 0 spiro atoms. The van der Waals surface area contributed by atoms with Gasteiger partial charge in [0.15, 0.2) is 5.69 Å². The van der Waals surface area contributed by atoms with Crippen molar-refractivity contribution in [1.82, 2.24) is 10.2 Å². The van der Waals surface area contributed by atoms with Gasteiger partial charge in [-0.25, -0.2) is 0 Å². The van der Waals surface area contributed by atoms with Gasteiger partial charge in [0, 0.05) is 11.3 Å². The van der Waals surface area contributed by atoms with Crippen molar-refractivity contribution >= 4 is 0 Å². The molecular weight excluding hydrogens is 339 g/mol. The van der Waals surface area contributed by atoms with Crippen molar-refractivity contribution < 1.29 is 13.2 Å². The van der Waals surface area contributed by atoms with Crippen LogP contribution in [0, 0.1) is 18.3 Å². The van der Waals surface area contributed by atoms with E-state index in [9.17, 15) is 18.4 Å². The van der Waals surface area contributed by atoms with Gasteiger partial charge in [-0.15, -0.1) is 0 Å². The lowest BCUT2D eigenvalue weighted by Gasteiger charge is -2.12. The second-order valence-corrected chi connectivity index (χ2v) is 6.06. The summed E-state index contributed by atoms with van der Waals surface area (Å²) in [6.45, 7) is 1.55. The molecule has 0 amide bonds. The zero-order valence-corrected chi connectivity index (χ0v) is 14.0. The number of H-pyrrole nitrogens is 1. The van der Waals surface area contributed by atoms with Crippen LogP contribution in [0.2, 0.25) is 0 Å². The van der Waals surface area contributed by atoms with Gasteiger partial charge in [-0.05, 0) is 30.0 Å². The van der Waals surface area contributed by atoms with E-state index in [1.165, 1.54) is 0 Å². The number of nitrogens with one attached hydrogen (secondary N) is 1. The van der Waals surface area contributed by atoms with Crippen molar-refractivity contribution in [1.29, 1.82) is 5.26 Å². The summed E-state index contributed by atoms with van der Waals surface area (Å²) in [6.07, 6.45) is -3.98. The molecule has 0 saturated heterocycles. The maximum absolute atomic E-state index is 13.1. The van der Waals surface area contributed by atoms with Crippen LogP contribution in [0.5, 0.6) is 0 Å². The van der Waals surface area contributed by atoms with Crippen LogP contribution in [0.3, 0.4) is 0 Å². The summed E-state index contributed by atoms with van der Waals surface area (Å²) in [5.74, 6) is -0.362. The second kappa shape index (κ2) is 7.04. The van der Waals surface area contributed by atoms with E-state index in [4.69, 9.17) is 0 Å². The first-order chi connectivity index (χ1) is 12.4. The lowest BCUT2D eigenvalue weighted by molar-refractivity contribution is -0.140. The zero-order valence-electron chi connectivity index (χ0n) is 14.0. The van der Waals surface area contributed by atoms with E-state index in [1.807, 2.05) is 30.3 Å². The molecule has 1 unspecified atom stereocenters. The van der Waals surface area contributed by atoms with Crippen molar-refractivity contribution in [3.63, 3.8) is 0 Å². The lowest BCUT2D eigenvalue weighted by atomic mass is 9.91. The van der Waals surface area contributed by atoms with Gasteiger partial charge >= 0.3 is 6.18 Å². The van der Waals surface area contributed by atoms with Gasteiger partial charge in [0.25, 0.3) is 0 Å². The summed E-state index contributed by atoms with van der Waals surface area (Å²) in [7, 11) is 0. The second-order valence-electron chi connectivity index (χ2n) is 6.06. The first-order valence-electron chi connectivity index (χ1n) is 8.06. The standard InChI is InChI=1S/C20H16F3N3/c1-13-18(19(26-25-13)20(21,22)23)16-9-7-15(8-10-16)17(12-24)11-14-5-3-2-4-6-14/h2-10,17H,11H2,1H3,(H,25,26). The zero-order chi connectivity index (χ0) is 18.7. The molecule has 0 aliphatic heterocycles. The highest BCUT2D eigenvalue weighted by Gasteiger charge is 2.37. The third-order valence-corrected chi connectivity index (χ3v) is 4.26. The molecule has 1 aromatic heterocycles. The fourth-order valence-corrected chi connectivity index (χ4v) is 2.96. The highest BCUT2D eigenvalue weighted by Crippen LogP contribution is 2.37. The summed E-state index contributed by atoms with van der Waals surface area (Å²) in [5.41, 5.74) is 1.70. The van der Waals surface area contributed by atoms with Gasteiger partial charge in [0.2, 0.25) is 0 Å². The van der Waals surface area contributed by atoms with E-state index in [0.717, 1.165) is 11.1 Å². The molecule has 26 heavy (non-hydrogen) atoms. The molecule has 0 aliphatic carbocycles. The minimum absolute atomic E-state index is 0.0422. The Morgan fingerprint density at radius 2 is 1.73 bits per heavy atom. The van der Waals surface area contributed by atoms with Gasteiger partial charge < -0.3 is 0 Å². The molecule has 0 radical (unpaired) electrons. The fourth-order valence-electron chi connectivity index (χ4n) is 2.96. The molecule has 6 heteroatoms. The maximum atomic E-state index is 13.1. The molecule has 1 heterocycles. The number of aromatic nitrogens is 2. The molecule has 0 bridgehead atoms. The third kappa shape index (κ3) is 3.62. The van der Waals surface area contributed by atoms with Gasteiger partial charge in [-0.1, -0.05) is 54.6 Å². The molecular formula is C20H16F3N3.